The maximum Gasteiger partial charge on any atom is 0.123 e. The number of halogens is 1. The highest BCUT2D eigenvalue weighted by atomic mass is 19.1. The Morgan fingerprint density at radius 1 is 1.39 bits per heavy atom. The van der Waals surface area contributed by atoms with Crippen LogP contribution in [-0.4, -0.2) is 51.6 Å². The Morgan fingerprint density at radius 3 is 2.67 bits per heavy atom. The van der Waals surface area contributed by atoms with Crippen LogP contribution in [0.15, 0.2) is 24.3 Å². The molecule has 4 nitrogen and oxygen atoms in total. The number of aliphatic hydroxyl groups excluding tert-OH is 1. The fourth-order valence-electron chi connectivity index (χ4n) is 1.62. The number of benzene rings is 1. The van der Waals surface area contributed by atoms with E-state index < -0.39 is 6.10 Å². The number of nitrogens with one attached hydrogen (secondary N) is 1. The van der Waals surface area contributed by atoms with Gasteiger partial charge in [-0.25, -0.2) is 4.39 Å². The van der Waals surface area contributed by atoms with Crippen LogP contribution in [0.2, 0.25) is 0 Å². The Balaban J connectivity index is 2.30. The third kappa shape index (κ3) is 5.44. The van der Waals surface area contributed by atoms with Crippen LogP contribution in [0.5, 0.6) is 0 Å². The minimum absolute atomic E-state index is 0.256. The highest BCUT2D eigenvalue weighted by Gasteiger charge is 2.08. The van der Waals surface area contributed by atoms with Gasteiger partial charge in [-0.2, -0.15) is 0 Å². The van der Waals surface area contributed by atoms with E-state index in [9.17, 15) is 9.50 Å². The van der Waals surface area contributed by atoms with Crippen molar-refractivity contribution in [3.05, 3.63) is 30.1 Å². The number of methoxy groups -OCH3 is 1. The molecule has 0 saturated carbocycles. The Labute approximate surface area is 107 Å². The molecule has 102 valence electrons. The zero-order valence-electron chi connectivity index (χ0n) is 10.9. The smallest absolute Gasteiger partial charge is 0.123 e. The second-order valence-electron chi connectivity index (χ2n) is 4.21. The lowest BCUT2D eigenvalue weighted by atomic mass is 10.2. The molecule has 1 aromatic rings. The molecule has 0 bridgehead atoms. The van der Waals surface area contributed by atoms with E-state index in [4.69, 9.17) is 4.74 Å². The topological polar surface area (TPSA) is 44.7 Å². The van der Waals surface area contributed by atoms with Crippen molar-refractivity contribution in [3.63, 3.8) is 0 Å². The van der Waals surface area contributed by atoms with Gasteiger partial charge in [0.15, 0.2) is 0 Å². The van der Waals surface area contributed by atoms with Crippen molar-refractivity contribution in [3.8, 4) is 0 Å². The summed E-state index contributed by atoms with van der Waals surface area (Å²) >= 11 is 0. The number of rotatable bonds is 8. The van der Waals surface area contributed by atoms with E-state index in [2.05, 4.69) is 5.32 Å². The molecule has 18 heavy (non-hydrogen) atoms. The normalized spacial score (nSPS) is 12.4. The predicted molar refractivity (Wildman–Crippen MR) is 70.4 cm³/mol. The van der Waals surface area contributed by atoms with E-state index in [1.54, 1.807) is 19.2 Å². The summed E-state index contributed by atoms with van der Waals surface area (Å²) in [6.07, 6.45) is -0.475. The van der Waals surface area contributed by atoms with Crippen LogP contribution in [0, 0.1) is 5.82 Å². The maximum absolute atomic E-state index is 12.8. The van der Waals surface area contributed by atoms with Crippen LogP contribution in [0.25, 0.3) is 0 Å². The zero-order chi connectivity index (χ0) is 13.4. The van der Waals surface area contributed by atoms with Gasteiger partial charge >= 0.3 is 0 Å². The van der Waals surface area contributed by atoms with Gasteiger partial charge in [0.1, 0.15) is 5.82 Å². The maximum atomic E-state index is 12.8. The molecule has 1 unspecified atom stereocenters. The summed E-state index contributed by atoms with van der Waals surface area (Å²) in [5.41, 5.74) is 0.882. The first-order chi connectivity index (χ1) is 8.63. The van der Waals surface area contributed by atoms with Crippen LogP contribution < -0.4 is 10.2 Å². The van der Waals surface area contributed by atoms with E-state index in [1.165, 1.54) is 12.1 Å². The Kier molecular flexibility index (Phi) is 6.64. The molecule has 0 radical (unpaired) electrons. The van der Waals surface area contributed by atoms with Crippen LogP contribution in [-0.2, 0) is 4.74 Å². The lowest BCUT2D eigenvalue weighted by Crippen LogP contribution is -2.37. The average Bonchev–Trinajstić information content (AvgIpc) is 2.35. The quantitative estimate of drug-likeness (QED) is 0.677. The van der Waals surface area contributed by atoms with E-state index in [0.29, 0.717) is 26.2 Å². The second kappa shape index (κ2) is 8.02. The van der Waals surface area contributed by atoms with Gasteiger partial charge in [-0.15, -0.1) is 0 Å². The Bertz CT molecular complexity index is 332. The SMILES string of the molecule is COCCNCC(O)CN(C)c1ccc(F)cc1. The summed E-state index contributed by atoms with van der Waals surface area (Å²) in [7, 11) is 3.51. The molecular formula is C13H21FN2O2. The Morgan fingerprint density at radius 2 is 2.06 bits per heavy atom. The molecule has 0 aliphatic heterocycles. The highest BCUT2D eigenvalue weighted by molar-refractivity contribution is 5.45. The van der Waals surface area contributed by atoms with Crippen molar-refractivity contribution in [2.75, 3.05) is 45.3 Å². The third-order valence-corrected chi connectivity index (χ3v) is 2.61. The average molecular weight is 256 g/mol. The van der Waals surface area contributed by atoms with Crippen LogP contribution in [0.4, 0.5) is 10.1 Å². The van der Waals surface area contributed by atoms with Crippen molar-refractivity contribution < 1.29 is 14.2 Å². The van der Waals surface area contributed by atoms with Gasteiger partial charge in [0.25, 0.3) is 0 Å². The van der Waals surface area contributed by atoms with Gasteiger partial charge in [-0.05, 0) is 24.3 Å². The largest absolute Gasteiger partial charge is 0.390 e. The van der Waals surface area contributed by atoms with Crippen LogP contribution >= 0.6 is 0 Å². The molecule has 1 atom stereocenters. The standard InChI is InChI=1S/C13H21FN2O2/c1-16(12-5-3-11(14)4-6-12)10-13(17)9-15-7-8-18-2/h3-6,13,15,17H,7-10H2,1-2H3. The van der Waals surface area contributed by atoms with Gasteiger partial charge in [0.2, 0.25) is 0 Å². The van der Waals surface area contributed by atoms with Crippen LogP contribution in [0.3, 0.4) is 0 Å². The zero-order valence-corrected chi connectivity index (χ0v) is 10.9. The van der Waals surface area contributed by atoms with Crippen molar-refractivity contribution >= 4 is 5.69 Å². The van der Waals surface area contributed by atoms with E-state index >= 15 is 0 Å². The molecule has 1 rings (SSSR count). The lowest BCUT2D eigenvalue weighted by Gasteiger charge is -2.23. The summed E-state index contributed by atoms with van der Waals surface area (Å²) < 4.78 is 17.7. The molecule has 0 saturated heterocycles. The van der Waals surface area contributed by atoms with Gasteiger partial charge in [-0.1, -0.05) is 0 Å². The Hall–Kier alpha value is -1.17. The number of nitrogens with zero attached hydrogens (tertiary/aromatic N) is 1. The number of aliphatic hydroxyl groups is 1. The van der Waals surface area contributed by atoms with Crippen molar-refractivity contribution in [1.29, 1.82) is 0 Å². The number of anilines is 1. The lowest BCUT2D eigenvalue weighted by molar-refractivity contribution is 0.164. The minimum atomic E-state index is -0.475. The molecule has 5 heteroatoms. The summed E-state index contributed by atoms with van der Waals surface area (Å²) in [4.78, 5) is 1.89. The first-order valence-corrected chi connectivity index (χ1v) is 5.98. The van der Waals surface area contributed by atoms with E-state index in [1.807, 2.05) is 11.9 Å². The minimum Gasteiger partial charge on any atom is -0.390 e. The van der Waals surface area contributed by atoms with Crippen LogP contribution in [0.1, 0.15) is 0 Å². The first-order valence-electron chi connectivity index (χ1n) is 5.98. The molecule has 0 fully saturated rings. The molecular weight excluding hydrogens is 235 g/mol. The molecule has 0 aliphatic rings. The van der Waals surface area contributed by atoms with Crippen molar-refractivity contribution in [2.45, 2.75) is 6.10 Å². The monoisotopic (exact) mass is 256 g/mol. The second-order valence-corrected chi connectivity index (χ2v) is 4.21. The number of hydrogen-bond donors (Lipinski definition) is 2. The van der Waals surface area contributed by atoms with Gasteiger partial charge in [0, 0.05) is 39.5 Å². The number of ether oxygens (including phenoxy) is 1. The fraction of sp³-hybridized carbons (Fsp3) is 0.538. The van der Waals surface area contributed by atoms with Gasteiger partial charge in [0.05, 0.1) is 12.7 Å². The fourth-order valence-corrected chi connectivity index (χ4v) is 1.62. The van der Waals surface area contributed by atoms with E-state index in [-0.39, 0.29) is 5.82 Å². The highest BCUT2D eigenvalue weighted by Crippen LogP contribution is 2.13. The van der Waals surface area contributed by atoms with Crippen molar-refractivity contribution in [1.82, 2.24) is 5.32 Å². The summed E-state index contributed by atoms with van der Waals surface area (Å²) in [6.45, 7) is 2.34. The number of likely N-dealkylation sites (N-methyl/N-ethyl adjacent to an activating group) is 1. The molecule has 1 aromatic carbocycles. The third-order valence-electron chi connectivity index (χ3n) is 2.61. The van der Waals surface area contributed by atoms with Gasteiger partial charge in [-0.3, -0.25) is 0 Å². The molecule has 0 heterocycles. The molecule has 0 spiro atoms. The molecule has 2 N–H and O–H groups in total. The summed E-state index contributed by atoms with van der Waals surface area (Å²) in [6, 6.07) is 6.21. The van der Waals surface area contributed by atoms with E-state index in [0.717, 1.165) is 5.69 Å². The molecule has 0 aliphatic carbocycles. The summed E-state index contributed by atoms with van der Waals surface area (Å²) in [5.74, 6) is -0.256. The van der Waals surface area contributed by atoms with Crippen molar-refractivity contribution in [2.24, 2.45) is 0 Å². The predicted octanol–water partition coefficient (Wildman–Crippen LogP) is 0.859. The first kappa shape index (κ1) is 14.9. The summed E-state index contributed by atoms with van der Waals surface area (Å²) in [5, 5.41) is 12.9. The van der Waals surface area contributed by atoms with Gasteiger partial charge < -0.3 is 20.1 Å². The molecule has 0 aromatic heterocycles. The molecule has 0 amide bonds. The number of hydrogen-bond acceptors (Lipinski definition) is 4.